The number of anilines is 1. The van der Waals surface area contributed by atoms with Crippen LogP contribution in [0.2, 0.25) is 5.02 Å². The molecular weight excluding hydrogens is 286 g/mol. The number of unbranched alkanes of at least 4 members (excludes halogenated alkanes) is 2. The lowest BCUT2D eigenvalue weighted by atomic mass is 10.1. The molecule has 1 aliphatic heterocycles. The average Bonchev–Trinajstić information content (AvgIpc) is 2.53. The first-order valence-electron chi connectivity index (χ1n) is 7.91. The summed E-state index contributed by atoms with van der Waals surface area (Å²) in [5, 5.41) is 3.75. The molecule has 1 amide bonds. The highest BCUT2D eigenvalue weighted by Crippen LogP contribution is 2.22. The molecule has 1 aromatic rings. The molecule has 0 saturated carbocycles. The van der Waals surface area contributed by atoms with Crippen LogP contribution in [0.4, 0.5) is 5.82 Å². The Morgan fingerprint density at radius 3 is 2.76 bits per heavy atom. The number of hydrogen-bond donors (Lipinski definition) is 1. The molecule has 0 aromatic carbocycles. The van der Waals surface area contributed by atoms with Gasteiger partial charge in [0.2, 0.25) is 0 Å². The van der Waals surface area contributed by atoms with Gasteiger partial charge in [-0.05, 0) is 31.7 Å². The molecule has 2 heterocycles. The Morgan fingerprint density at radius 2 is 2.10 bits per heavy atom. The Labute approximate surface area is 131 Å². The number of piperidine rings is 1. The van der Waals surface area contributed by atoms with E-state index in [1.165, 1.54) is 19.3 Å². The largest absolute Gasteiger partial charge is 0.369 e. The van der Waals surface area contributed by atoms with Gasteiger partial charge in [-0.1, -0.05) is 31.4 Å². The standard InChI is InChI=1S/C16H24ClN3O/c1-2-3-5-8-18-15-14(17)11-13(12-19-15)16(21)20-9-6-4-7-10-20/h11-12H,2-10H2,1H3,(H,18,19). The number of aromatic nitrogens is 1. The molecular formula is C16H24ClN3O. The first-order valence-corrected chi connectivity index (χ1v) is 8.29. The molecule has 1 aliphatic rings. The van der Waals surface area contributed by atoms with Crippen molar-refractivity contribution in [1.29, 1.82) is 0 Å². The number of hydrogen-bond acceptors (Lipinski definition) is 3. The number of carbonyl (C=O) groups excluding carboxylic acids is 1. The molecule has 0 radical (unpaired) electrons. The van der Waals surface area contributed by atoms with Gasteiger partial charge in [0.25, 0.3) is 5.91 Å². The molecule has 1 N–H and O–H groups in total. The van der Waals surface area contributed by atoms with E-state index in [4.69, 9.17) is 11.6 Å². The van der Waals surface area contributed by atoms with Gasteiger partial charge in [-0.3, -0.25) is 4.79 Å². The van der Waals surface area contributed by atoms with Crippen molar-refractivity contribution in [2.45, 2.75) is 45.4 Å². The maximum atomic E-state index is 12.4. The average molecular weight is 310 g/mol. The number of nitrogens with one attached hydrogen (secondary N) is 1. The summed E-state index contributed by atoms with van der Waals surface area (Å²) in [7, 11) is 0. The van der Waals surface area contributed by atoms with Gasteiger partial charge >= 0.3 is 0 Å². The van der Waals surface area contributed by atoms with Crippen LogP contribution in [0.3, 0.4) is 0 Å². The van der Waals surface area contributed by atoms with E-state index in [-0.39, 0.29) is 5.91 Å². The Bertz CT molecular complexity index is 473. The topological polar surface area (TPSA) is 45.2 Å². The Kier molecular flexibility index (Phi) is 6.30. The first kappa shape index (κ1) is 16.1. The maximum absolute atomic E-state index is 12.4. The summed E-state index contributed by atoms with van der Waals surface area (Å²) in [4.78, 5) is 18.6. The van der Waals surface area contributed by atoms with Gasteiger partial charge in [0.15, 0.2) is 0 Å². The van der Waals surface area contributed by atoms with E-state index >= 15 is 0 Å². The highest BCUT2D eigenvalue weighted by molar-refractivity contribution is 6.33. The molecule has 5 heteroatoms. The predicted molar refractivity (Wildman–Crippen MR) is 87.0 cm³/mol. The van der Waals surface area contributed by atoms with Gasteiger partial charge in [-0.25, -0.2) is 4.98 Å². The van der Waals surface area contributed by atoms with Crippen molar-refractivity contribution in [1.82, 2.24) is 9.88 Å². The van der Waals surface area contributed by atoms with E-state index in [0.717, 1.165) is 38.9 Å². The molecule has 0 bridgehead atoms. The summed E-state index contributed by atoms with van der Waals surface area (Å²) >= 11 is 6.23. The summed E-state index contributed by atoms with van der Waals surface area (Å²) in [6.45, 7) is 4.72. The molecule has 0 aliphatic carbocycles. The summed E-state index contributed by atoms with van der Waals surface area (Å²) in [5.41, 5.74) is 0.584. The monoisotopic (exact) mass is 309 g/mol. The summed E-state index contributed by atoms with van der Waals surface area (Å²) in [6.07, 6.45) is 8.49. The third kappa shape index (κ3) is 4.60. The lowest BCUT2D eigenvalue weighted by molar-refractivity contribution is 0.0724. The van der Waals surface area contributed by atoms with Gasteiger partial charge in [0.1, 0.15) is 5.82 Å². The number of carbonyl (C=O) groups is 1. The van der Waals surface area contributed by atoms with Crippen LogP contribution in [-0.2, 0) is 0 Å². The number of rotatable bonds is 6. The van der Waals surface area contributed by atoms with Crippen molar-refractivity contribution >= 4 is 23.3 Å². The second-order valence-electron chi connectivity index (χ2n) is 5.54. The summed E-state index contributed by atoms with van der Waals surface area (Å²) in [5.74, 6) is 0.713. The Balaban J connectivity index is 1.95. The second kappa shape index (κ2) is 8.23. The predicted octanol–water partition coefficient (Wildman–Crippen LogP) is 3.96. The minimum atomic E-state index is 0.0432. The molecule has 0 unspecified atom stereocenters. The molecule has 0 spiro atoms. The molecule has 4 nitrogen and oxygen atoms in total. The third-order valence-corrected chi connectivity index (χ3v) is 4.09. The van der Waals surface area contributed by atoms with Crippen LogP contribution >= 0.6 is 11.6 Å². The fourth-order valence-corrected chi connectivity index (χ4v) is 2.78. The van der Waals surface area contributed by atoms with Crippen molar-refractivity contribution in [2.75, 3.05) is 25.0 Å². The zero-order chi connectivity index (χ0) is 15.1. The zero-order valence-electron chi connectivity index (χ0n) is 12.7. The lowest BCUT2D eigenvalue weighted by Crippen LogP contribution is -2.35. The van der Waals surface area contributed by atoms with E-state index < -0.39 is 0 Å². The Morgan fingerprint density at radius 1 is 1.33 bits per heavy atom. The minimum Gasteiger partial charge on any atom is -0.369 e. The van der Waals surface area contributed by atoms with Crippen molar-refractivity contribution in [3.8, 4) is 0 Å². The van der Waals surface area contributed by atoms with Gasteiger partial charge < -0.3 is 10.2 Å². The normalized spacial score (nSPS) is 15.0. The van der Waals surface area contributed by atoms with Gasteiger partial charge in [0, 0.05) is 25.8 Å². The first-order chi connectivity index (χ1) is 10.2. The SMILES string of the molecule is CCCCCNc1ncc(C(=O)N2CCCCC2)cc1Cl. The zero-order valence-corrected chi connectivity index (χ0v) is 13.5. The summed E-state index contributed by atoms with van der Waals surface area (Å²) in [6, 6.07) is 1.73. The van der Waals surface area contributed by atoms with E-state index in [1.807, 2.05) is 4.90 Å². The van der Waals surface area contributed by atoms with Gasteiger partial charge in [-0.2, -0.15) is 0 Å². The highest BCUT2D eigenvalue weighted by atomic mass is 35.5. The van der Waals surface area contributed by atoms with Crippen LogP contribution in [0.1, 0.15) is 55.8 Å². The molecule has 0 atom stereocenters. The molecule has 1 fully saturated rings. The van der Waals surface area contributed by atoms with Crippen LogP contribution in [0.25, 0.3) is 0 Å². The van der Waals surface area contributed by atoms with Crippen molar-refractivity contribution in [3.63, 3.8) is 0 Å². The quantitative estimate of drug-likeness (QED) is 0.809. The number of amides is 1. The molecule has 2 rings (SSSR count). The van der Waals surface area contributed by atoms with Crippen LogP contribution in [0, 0.1) is 0 Å². The van der Waals surface area contributed by atoms with E-state index in [0.29, 0.717) is 16.4 Å². The smallest absolute Gasteiger partial charge is 0.255 e. The number of likely N-dealkylation sites (tertiary alicyclic amines) is 1. The third-order valence-electron chi connectivity index (χ3n) is 3.80. The molecule has 21 heavy (non-hydrogen) atoms. The van der Waals surface area contributed by atoms with Crippen molar-refractivity contribution in [2.24, 2.45) is 0 Å². The lowest BCUT2D eigenvalue weighted by Gasteiger charge is -2.26. The van der Waals surface area contributed by atoms with E-state index in [2.05, 4.69) is 17.2 Å². The fourth-order valence-electron chi connectivity index (χ4n) is 2.55. The van der Waals surface area contributed by atoms with E-state index in [9.17, 15) is 4.79 Å². The molecule has 1 saturated heterocycles. The van der Waals surface area contributed by atoms with Gasteiger partial charge in [0.05, 0.1) is 10.6 Å². The van der Waals surface area contributed by atoms with Gasteiger partial charge in [-0.15, -0.1) is 0 Å². The highest BCUT2D eigenvalue weighted by Gasteiger charge is 2.19. The van der Waals surface area contributed by atoms with Crippen LogP contribution in [0.15, 0.2) is 12.3 Å². The van der Waals surface area contributed by atoms with Crippen LogP contribution in [0.5, 0.6) is 0 Å². The van der Waals surface area contributed by atoms with Crippen LogP contribution in [-0.4, -0.2) is 35.4 Å². The van der Waals surface area contributed by atoms with Crippen LogP contribution < -0.4 is 5.32 Å². The minimum absolute atomic E-state index is 0.0432. The van der Waals surface area contributed by atoms with E-state index in [1.54, 1.807) is 12.3 Å². The molecule has 1 aromatic heterocycles. The van der Waals surface area contributed by atoms with Crippen molar-refractivity contribution < 1.29 is 4.79 Å². The number of halogens is 1. The summed E-state index contributed by atoms with van der Waals surface area (Å²) < 4.78 is 0. The fraction of sp³-hybridized carbons (Fsp3) is 0.625. The maximum Gasteiger partial charge on any atom is 0.255 e. The second-order valence-corrected chi connectivity index (χ2v) is 5.95. The Hall–Kier alpha value is -1.29. The number of nitrogens with zero attached hydrogens (tertiary/aromatic N) is 2. The van der Waals surface area contributed by atoms with Crippen molar-refractivity contribution in [3.05, 3.63) is 22.8 Å². The molecule has 116 valence electrons. The number of pyridine rings is 1.